The first-order valence-corrected chi connectivity index (χ1v) is 17.0. The first-order chi connectivity index (χ1) is 12.7. The van der Waals surface area contributed by atoms with Gasteiger partial charge in [-0.3, -0.25) is 4.79 Å². The van der Waals surface area contributed by atoms with Crippen molar-refractivity contribution in [1.82, 2.24) is 0 Å². The molecule has 1 atom stereocenters. The van der Waals surface area contributed by atoms with Crippen LogP contribution in [0.15, 0.2) is 36.4 Å². The SMILES string of the molecule is CN1C(=O)C(/C=C/C[Si](C)(C)C)(CCO[Si](C)(C)C(C)(C)C)c2ccccc21. The molecule has 0 radical (unpaired) electrons. The molecule has 0 saturated heterocycles. The van der Waals surface area contributed by atoms with Gasteiger partial charge in [-0.15, -0.1) is 0 Å². The maximum atomic E-state index is 13.4. The van der Waals surface area contributed by atoms with E-state index in [1.807, 2.05) is 24.1 Å². The van der Waals surface area contributed by atoms with Crippen LogP contribution < -0.4 is 4.90 Å². The summed E-state index contributed by atoms with van der Waals surface area (Å²) in [6.07, 6.45) is 5.14. The molecule has 1 aromatic rings. The smallest absolute Gasteiger partial charge is 0.241 e. The first kappa shape index (κ1) is 23.1. The Morgan fingerprint density at radius 3 is 2.29 bits per heavy atom. The molecule has 0 fully saturated rings. The van der Waals surface area contributed by atoms with E-state index in [-0.39, 0.29) is 10.9 Å². The molecule has 0 spiro atoms. The minimum absolute atomic E-state index is 0.166. The van der Waals surface area contributed by atoms with Crippen LogP contribution in [0, 0.1) is 0 Å². The highest BCUT2D eigenvalue weighted by Gasteiger charge is 2.48. The number of anilines is 1. The average Bonchev–Trinajstić information content (AvgIpc) is 2.76. The molecule has 5 heteroatoms. The van der Waals surface area contributed by atoms with E-state index in [0.717, 1.165) is 17.3 Å². The van der Waals surface area contributed by atoms with Crippen LogP contribution in [0.1, 0.15) is 32.8 Å². The standard InChI is InChI=1S/C23H39NO2Si2/c1-22(2,3)28(8,9)26-17-16-23(15-12-18-27(5,6)7)19-13-10-11-14-20(19)24(4)21(23)25/h10-15H,16-18H2,1-9H3/b15-12+. The summed E-state index contributed by atoms with van der Waals surface area (Å²) in [6.45, 7) is 19.0. The molecule has 1 aromatic carbocycles. The van der Waals surface area contributed by atoms with Gasteiger partial charge >= 0.3 is 0 Å². The molecule has 0 saturated carbocycles. The Labute approximate surface area is 174 Å². The monoisotopic (exact) mass is 417 g/mol. The Kier molecular flexibility index (Phi) is 6.54. The molecule has 3 nitrogen and oxygen atoms in total. The van der Waals surface area contributed by atoms with E-state index < -0.39 is 21.8 Å². The van der Waals surface area contributed by atoms with E-state index in [9.17, 15) is 4.79 Å². The van der Waals surface area contributed by atoms with E-state index >= 15 is 0 Å². The predicted molar refractivity (Wildman–Crippen MR) is 127 cm³/mol. The van der Waals surface area contributed by atoms with Gasteiger partial charge in [0.2, 0.25) is 5.91 Å². The summed E-state index contributed by atoms with van der Waals surface area (Å²) in [5.74, 6) is 0.166. The molecule has 0 aromatic heterocycles. The topological polar surface area (TPSA) is 29.5 Å². The Morgan fingerprint density at radius 1 is 1.11 bits per heavy atom. The molecule has 1 unspecified atom stereocenters. The molecule has 0 aliphatic carbocycles. The second kappa shape index (κ2) is 7.92. The molecule has 1 aliphatic rings. The van der Waals surface area contributed by atoms with Crippen molar-refractivity contribution < 1.29 is 9.22 Å². The summed E-state index contributed by atoms with van der Waals surface area (Å²) in [6, 6.07) is 9.30. The fourth-order valence-electron chi connectivity index (χ4n) is 3.45. The number of fused-ring (bicyclic) bond motifs is 1. The fraction of sp³-hybridized carbons (Fsp3) is 0.609. The Bertz CT molecular complexity index is 744. The minimum atomic E-state index is -1.84. The van der Waals surface area contributed by atoms with Crippen LogP contribution in [0.5, 0.6) is 0 Å². The van der Waals surface area contributed by atoms with Crippen molar-refractivity contribution in [2.75, 3.05) is 18.6 Å². The summed E-state index contributed by atoms with van der Waals surface area (Å²) < 4.78 is 6.47. The van der Waals surface area contributed by atoms with Crippen molar-refractivity contribution in [3.63, 3.8) is 0 Å². The number of likely N-dealkylation sites (N-methyl/N-ethyl adjacent to an activating group) is 1. The number of benzene rings is 1. The van der Waals surface area contributed by atoms with Crippen LogP contribution in [-0.4, -0.2) is 36.0 Å². The molecule has 0 N–H and O–H groups in total. The molecule has 28 heavy (non-hydrogen) atoms. The van der Waals surface area contributed by atoms with Crippen LogP contribution >= 0.6 is 0 Å². The molecule has 2 rings (SSSR count). The largest absolute Gasteiger partial charge is 0.417 e. The van der Waals surface area contributed by atoms with Gasteiger partial charge < -0.3 is 9.33 Å². The molecule has 1 heterocycles. The molecular weight excluding hydrogens is 378 g/mol. The van der Waals surface area contributed by atoms with E-state index in [1.54, 1.807) is 0 Å². The van der Waals surface area contributed by atoms with Gasteiger partial charge in [0.05, 0.1) is 5.41 Å². The van der Waals surface area contributed by atoms with Gasteiger partial charge in [0.15, 0.2) is 8.32 Å². The van der Waals surface area contributed by atoms with E-state index in [4.69, 9.17) is 4.43 Å². The van der Waals surface area contributed by atoms with E-state index in [0.29, 0.717) is 13.0 Å². The summed E-state index contributed by atoms with van der Waals surface area (Å²) >= 11 is 0. The molecule has 1 amide bonds. The van der Waals surface area contributed by atoms with Crippen molar-refractivity contribution in [1.29, 1.82) is 0 Å². The summed E-state index contributed by atoms with van der Waals surface area (Å²) in [4.78, 5) is 15.3. The molecule has 1 aliphatic heterocycles. The number of hydrogen-bond acceptors (Lipinski definition) is 2. The number of carbonyl (C=O) groups excluding carboxylic acids is 1. The van der Waals surface area contributed by atoms with Crippen LogP contribution in [0.25, 0.3) is 0 Å². The number of allylic oxidation sites excluding steroid dienone is 1. The third-order valence-corrected chi connectivity index (χ3v) is 12.3. The third kappa shape index (κ3) is 4.69. The van der Waals surface area contributed by atoms with Gasteiger partial charge in [-0.25, -0.2) is 0 Å². The quantitative estimate of drug-likeness (QED) is 0.390. The maximum Gasteiger partial charge on any atom is 0.241 e. The van der Waals surface area contributed by atoms with Crippen LogP contribution in [0.4, 0.5) is 5.69 Å². The summed E-state index contributed by atoms with van der Waals surface area (Å²) in [5, 5.41) is 0.169. The predicted octanol–water partition coefficient (Wildman–Crippen LogP) is 6.21. The van der Waals surface area contributed by atoms with E-state index in [2.05, 4.69) is 77.8 Å². The number of rotatable bonds is 7. The van der Waals surface area contributed by atoms with Crippen molar-refractivity contribution in [3.8, 4) is 0 Å². The number of hydrogen-bond donors (Lipinski definition) is 0. The van der Waals surface area contributed by atoms with Crippen LogP contribution in [0.2, 0.25) is 43.8 Å². The van der Waals surface area contributed by atoms with Crippen molar-refractivity contribution >= 4 is 28.0 Å². The lowest BCUT2D eigenvalue weighted by Gasteiger charge is -2.37. The minimum Gasteiger partial charge on any atom is -0.417 e. The van der Waals surface area contributed by atoms with Gasteiger partial charge in [-0.2, -0.15) is 0 Å². The molecular formula is C23H39NO2Si2. The zero-order valence-electron chi connectivity index (χ0n) is 19.3. The van der Waals surface area contributed by atoms with Crippen molar-refractivity contribution in [2.24, 2.45) is 0 Å². The zero-order chi connectivity index (χ0) is 21.4. The summed E-state index contributed by atoms with van der Waals surface area (Å²) in [5.41, 5.74) is 1.54. The number of amides is 1. The van der Waals surface area contributed by atoms with Gasteiger partial charge in [0.1, 0.15) is 0 Å². The Balaban J connectivity index is 2.35. The highest BCUT2D eigenvalue weighted by atomic mass is 28.4. The van der Waals surface area contributed by atoms with Crippen molar-refractivity contribution in [2.45, 2.75) is 76.4 Å². The molecule has 156 valence electrons. The number of carbonyl (C=O) groups is 1. The fourth-order valence-corrected chi connectivity index (χ4v) is 5.32. The normalized spacial score (nSPS) is 20.9. The molecule has 0 bridgehead atoms. The van der Waals surface area contributed by atoms with Gasteiger partial charge in [-0.05, 0) is 42.2 Å². The average molecular weight is 418 g/mol. The van der Waals surface area contributed by atoms with Crippen molar-refractivity contribution in [3.05, 3.63) is 42.0 Å². The van der Waals surface area contributed by atoms with E-state index in [1.165, 1.54) is 0 Å². The highest BCUT2D eigenvalue weighted by Crippen LogP contribution is 2.45. The van der Waals surface area contributed by atoms with Gasteiger partial charge in [-0.1, -0.05) is 70.8 Å². The number of nitrogens with zero attached hydrogens (tertiary/aromatic N) is 1. The Morgan fingerprint density at radius 2 is 1.71 bits per heavy atom. The second-order valence-electron chi connectivity index (χ2n) is 10.9. The van der Waals surface area contributed by atoms with Crippen LogP contribution in [-0.2, 0) is 14.6 Å². The first-order valence-electron chi connectivity index (χ1n) is 10.4. The lowest BCUT2D eigenvalue weighted by molar-refractivity contribution is -0.121. The lowest BCUT2D eigenvalue weighted by Crippen LogP contribution is -2.43. The number of para-hydroxylation sites is 1. The highest BCUT2D eigenvalue weighted by molar-refractivity contribution is 6.76. The second-order valence-corrected chi connectivity index (χ2v) is 21.2. The van der Waals surface area contributed by atoms with Crippen LogP contribution in [0.3, 0.4) is 0 Å². The van der Waals surface area contributed by atoms with Gasteiger partial charge in [0, 0.05) is 27.4 Å². The Hall–Kier alpha value is -1.18. The maximum absolute atomic E-state index is 13.4. The third-order valence-electron chi connectivity index (χ3n) is 6.33. The lowest BCUT2D eigenvalue weighted by atomic mass is 9.78. The summed E-state index contributed by atoms with van der Waals surface area (Å²) in [7, 11) is -1.17. The zero-order valence-corrected chi connectivity index (χ0v) is 21.3. The van der Waals surface area contributed by atoms with Gasteiger partial charge in [0.25, 0.3) is 0 Å².